The Labute approximate surface area is 173 Å². The van der Waals surface area contributed by atoms with E-state index in [1.54, 1.807) is 30.3 Å². The molecule has 30 heavy (non-hydrogen) atoms. The second-order valence-corrected chi connectivity index (χ2v) is 6.84. The molecule has 0 spiro atoms. The van der Waals surface area contributed by atoms with Gasteiger partial charge in [-0.15, -0.1) is 0 Å². The summed E-state index contributed by atoms with van der Waals surface area (Å²) in [5.41, 5.74) is 0.657. The minimum Gasteiger partial charge on any atom is -0.505 e. The quantitative estimate of drug-likeness (QED) is 0.424. The number of benzene rings is 2. The zero-order valence-corrected chi connectivity index (χ0v) is 16.8. The molecule has 2 N–H and O–H groups in total. The summed E-state index contributed by atoms with van der Waals surface area (Å²) in [6.45, 7) is 1.98. The summed E-state index contributed by atoms with van der Waals surface area (Å²) in [6, 6.07) is 10.6. The number of nitro benzene ring substituents is 1. The van der Waals surface area contributed by atoms with E-state index in [4.69, 9.17) is 4.74 Å². The summed E-state index contributed by atoms with van der Waals surface area (Å²) in [4.78, 5) is 27.9. The highest BCUT2D eigenvalue weighted by molar-refractivity contribution is 5.94. The van der Waals surface area contributed by atoms with Crippen molar-refractivity contribution in [1.29, 1.82) is 0 Å². The van der Waals surface area contributed by atoms with Gasteiger partial charge in [0.15, 0.2) is 0 Å². The molecule has 2 aromatic carbocycles. The number of aromatic hydroxyl groups is 1. The van der Waals surface area contributed by atoms with Gasteiger partial charge in [-0.25, -0.2) is 0 Å². The topological polar surface area (TPSA) is 115 Å². The molecule has 0 saturated carbocycles. The Kier molecular flexibility index (Phi) is 6.46. The maximum absolute atomic E-state index is 12.6. The van der Waals surface area contributed by atoms with Crippen molar-refractivity contribution in [1.82, 2.24) is 10.3 Å². The van der Waals surface area contributed by atoms with E-state index in [0.29, 0.717) is 24.2 Å². The number of carbonyl (C=O) groups is 1. The van der Waals surface area contributed by atoms with E-state index in [-0.39, 0.29) is 33.8 Å². The van der Waals surface area contributed by atoms with Crippen LogP contribution in [0.15, 0.2) is 48.7 Å². The molecule has 0 fully saturated rings. The zero-order valence-electron chi connectivity index (χ0n) is 16.8. The summed E-state index contributed by atoms with van der Waals surface area (Å²) < 4.78 is 5.43. The van der Waals surface area contributed by atoms with Gasteiger partial charge < -0.3 is 15.2 Å². The maximum Gasteiger partial charge on any atom is 0.279 e. The van der Waals surface area contributed by atoms with Crippen LogP contribution in [0.2, 0.25) is 0 Å². The Morgan fingerprint density at radius 2 is 2.03 bits per heavy atom. The number of unbranched alkanes of at least 4 members (excludes halogenated alkanes) is 1. The Hall–Kier alpha value is -3.68. The van der Waals surface area contributed by atoms with Crippen LogP contribution in [-0.2, 0) is 4.79 Å². The minimum atomic E-state index is -0.851. The molecule has 8 nitrogen and oxygen atoms in total. The smallest absolute Gasteiger partial charge is 0.279 e. The molecule has 0 aliphatic carbocycles. The van der Waals surface area contributed by atoms with Crippen molar-refractivity contribution in [2.24, 2.45) is 0 Å². The number of carbonyl (C=O) groups excluding carboxylic acids is 1. The van der Waals surface area contributed by atoms with E-state index in [1.165, 1.54) is 25.4 Å². The van der Waals surface area contributed by atoms with E-state index in [2.05, 4.69) is 10.3 Å². The van der Waals surface area contributed by atoms with Gasteiger partial charge in [0.1, 0.15) is 17.0 Å². The third-order valence-corrected chi connectivity index (χ3v) is 4.89. The summed E-state index contributed by atoms with van der Waals surface area (Å²) in [5, 5.41) is 25.8. The van der Waals surface area contributed by atoms with Crippen molar-refractivity contribution in [2.45, 2.75) is 32.2 Å². The number of rotatable bonds is 8. The van der Waals surface area contributed by atoms with Gasteiger partial charge in [-0.2, -0.15) is 0 Å². The number of hydrogen-bond donors (Lipinski definition) is 2. The van der Waals surface area contributed by atoms with Crippen molar-refractivity contribution in [3.63, 3.8) is 0 Å². The summed E-state index contributed by atoms with van der Waals surface area (Å²) in [5.74, 6) is 0.0419. The van der Waals surface area contributed by atoms with E-state index in [9.17, 15) is 20.0 Å². The molecule has 156 valence electrons. The molecular weight excluding hydrogens is 386 g/mol. The second kappa shape index (κ2) is 9.21. The number of hydrogen-bond acceptors (Lipinski definition) is 6. The lowest BCUT2D eigenvalue weighted by molar-refractivity contribution is -0.383. The number of phenols is 1. The van der Waals surface area contributed by atoms with Crippen LogP contribution in [0, 0.1) is 10.1 Å². The number of nitrogens with one attached hydrogen (secondary N) is 1. The highest BCUT2D eigenvalue weighted by Crippen LogP contribution is 2.41. The van der Waals surface area contributed by atoms with Crippen LogP contribution in [0.1, 0.15) is 43.4 Å². The highest BCUT2D eigenvalue weighted by atomic mass is 16.6. The summed E-state index contributed by atoms with van der Waals surface area (Å²) >= 11 is 0. The molecule has 0 saturated heterocycles. The number of pyridine rings is 1. The molecular formula is C22H23N3O5. The molecule has 0 aliphatic rings. The van der Waals surface area contributed by atoms with Crippen LogP contribution < -0.4 is 10.1 Å². The number of nitro groups is 1. The third-order valence-electron chi connectivity index (χ3n) is 4.89. The van der Waals surface area contributed by atoms with Crippen molar-refractivity contribution in [2.75, 3.05) is 7.11 Å². The molecule has 3 rings (SSSR count). The third kappa shape index (κ3) is 4.17. The molecule has 1 atom stereocenters. The van der Waals surface area contributed by atoms with Gasteiger partial charge in [0.25, 0.3) is 5.69 Å². The normalized spacial score (nSPS) is 11.8. The predicted molar refractivity (Wildman–Crippen MR) is 113 cm³/mol. The molecule has 0 radical (unpaired) electrons. The van der Waals surface area contributed by atoms with Crippen LogP contribution >= 0.6 is 0 Å². The van der Waals surface area contributed by atoms with Crippen LogP contribution in [0.3, 0.4) is 0 Å². The van der Waals surface area contributed by atoms with Crippen molar-refractivity contribution < 1.29 is 19.6 Å². The Bertz CT molecular complexity index is 1080. The standard InChI is InChI=1S/C22H23N3O5/c1-3-4-11-19(26)24-20(15-8-5-6-10-18(15)30-2)16-13-17(25(28)29)14-9-7-12-23-21(14)22(16)27/h5-10,12-13,20,27H,3-4,11H2,1-2H3,(H,24,26)/t20-/m1/s1. The van der Waals surface area contributed by atoms with Crippen LogP contribution in [-0.4, -0.2) is 28.0 Å². The second-order valence-electron chi connectivity index (χ2n) is 6.84. The first-order chi connectivity index (χ1) is 14.5. The number of aromatic nitrogens is 1. The molecule has 0 bridgehead atoms. The van der Waals surface area contributed by atoms with E-state index in [0.717, 1.165) is 6.42 Å². The van der Waals surface area contributed by atoms with Crippen LogP contribution in [0.25, 0.3) is 10.9 Å². The van der Waals surface area contributed by atoms with Crippen LogP contribution in [0.5, 0.6) is 11.5 Å². The number of ether oxygens (including phenoxy) is 1. The Morgan fingerprint density at radius 1 is 1.27 bits per heavy atom. The number of non-ortho nitro benzene ring substituents is 1. The average molecular weight is 409 g/mol. The Balaban J connectivity index is 2.23. The first-order valence-corrected chi connectivity index (χ1v) is 9.65. The molecule has 1 aromatic heterocycles. The number of fused-ring (bicyclic) bond motifs is 1. The summed E-state index contributed by atoms with van der Waals surface area (Å²) in [6.07, 6.45) is 3.31. The average Bonchev–Trinajstić information content (AvgIpc) is 2.76. The minimum absolute atomic E-state index is 0.101. The first kappa shape index (κ1) is 21.0. The summed E-state index contributed by atoms with van der Waals surface area (Å²) in [7, 11) is 1.50. The number of phenolic OH excluding ortho intramolecular Hbond substituents is 1. The van der Waals surface area contributed by atoms with Gasteiger partial charge in [-0.1, -0.05) is 31.5 Å². The maximum atomic E-state index is 12.6. The van der Waals surface area contributed by atoms with Crippen molar-refractivity contribution >= 4 is 22.5 Å². The van der Waals surface area contributed by atoms with Gasteiger partial charge in [0.05, 0.1) is 23.5 Å². The van der Waals surface area contributed by atoms with Gasteiger partial charge in [-0.3, -0.25) is 19.9 Å². The fourth-order valence-corrected chi connectivity index (χ4v) is 3.40. The van der Waals surface area contributed by atoms with Crippen molar-refractivity contribution in [3.05, 3.63) is 69.9 Å². The number of amides is 1. The van der Waals surface area contributed by atoms with Crippen LogP contribution in [0.4, 0.5) is 5.69 Å². The molecule has 8 heteroatoms. The number of nitrogens with zero attached hydrogens (tertiary/aromatic N) is 2. The largest absolute Gasteiger partial charge is 0.505 e. The molecule has 0 unspecified atom stereocenters. The molecule has 0 aliphatic heterocycles. The van der Waals surface area contributed by atoms with Gasteiger partial charge in [-0.05, 0) is 24.6 Å². The number of para-hydroxylation sites is 1. The Morgan fingerprint density at radius 3 is 2.73 bits per heavy atom. The van der Waals surface area contributed by atoms with Gasteiger partial charge >= 0.3 is 0 Å². The van der Waals surface area contributed by atoms with Gasteiger partial charge in [0.2, 0.25) is 5.91 Å². The SMILES string of the molecule is CCCCC(=O)N[C@H](c1ccccc1OC)c1cc([N+](=O)[O-])c2cccnc2c1O. The van der Waals surface area contributed by atoms with E-state index >= 15 is 0 Å². The first-order valence-electron chi connectivity index (χ1n) is 9.65. The molecule has 1 amide bonds. The van der Waals surface area contributed by atoms with Crippen molar-refractivity contribution in [3.8, 4) is 11.5 Å². The van der Waals surface area contributed by atoms with E-state index < -0.39 is 11.0 Å². The van der Waals surface area contributed by atoms with E-state index in [1.807, 2.05) is 6.92 Å². The predicted octanol–water partition coefficient (Wildman–Crippen LogP) is 4.25. The molecule has 3 aromatic rings. The zero-order chi connectivity index (χ0) is 21.7. The van der Waals surface area contributed by atoms with Gasteiger partial charge in [0, 0.05) is 29.8 Å². The lowest BCUT2D eigenvalue weighted by Crippen LogP contribution is -2.29. The lowest BCUT2D eigenvalue weighted by Gasteiger charge is -2.23. The monoisotopic (exact) mass is 409 g/mol. The highest BCUT2D eigenvalue weighted by Gasteiger charge is 2.28. The number of methoxy groups -OCH3 is 1. The lowest BCUT2D eigenvalue weighted by atomic mass is 9.94. The molecule has 1 heterocycles. The fourth-order valence-electron chi connectivity index (χ4n) is 3.40. The fraction of sp³-hybridized carbons (Fsp3) is 0.273.